The SMILES string of the molecule is Cc1cc(C(F)(F)F)ccc1CNC(=O)[C@H]1CCCN1C(=O)[C@H]1CCCN(S(=O)(=O)N2CC(C#N)C2)C1. The Hall–Kier alpha value is -2.69. The number of nitrogens with zero attached hydrogens (tertiary/aromatic N) is 4. The summed E-state index contributed by atoms with van der Waals surface area (Å²) in [4.78, 5) is 27.8. The van der Waals surface area contributed by atoms with Crippen LogP contribution in [-0.2, 0) is 32.5 Å². The van der Waals surface area contributed by atoms with Gasteiger partial charge in [0.2, 0.25) is 11.8 Å². The average molecular weight is 542 g/mol. The molecule has 9 nitrogen and oxygen atoms in total. The number of hydrogen-bond acceptors (Lipinski definition) is 5. The third-order valence-corrected chi connectivity index (χ3v) is 9.31. The van der Waals surface area contributed by atoms with Crippen molar-refractivity contribution in [3.8, 4) is 6.07 Å². The number of nitriles is 1. The predicted molar refractivity (Wildman–Crippen MR) is 127 cm³/mol. The average Bonchev–Trinajstić information content (AvgIpc) is 3.31. The number of carbonyl (C=O) groups is 2. The Kier molecular flexibility index (Phi) is 7.83. The lowest BCUT2D eigenvalue weighted by molar-refractivity contribution is -0.142. The molecule has 1 aromatic carbocycles. The highest BCUT2D eigenvalue weighted by atomic mass is 32.2. The van der Waals surface area contributed by atoms with Gasteiger partial charge in [-0.1, -0.05) is 6.07 Å². The number of aryl methyl sites for hydroxylation is 1. The molecular formula is C24H30F3N5O4S. The van der Waals surface area contributed by atoms with Gasteiger partial charge in [0.15, 0.2) is 0 Å². The van der Waals surface area contributed by atoms with Gasteiger partial charge in [0.25, 0.3) is 10.2 Å². The minimum absolute atomic E-state index is 0.0322. The van der Waals surface area contributed by atoms with Gasteiger partial charge in [-0.05, 0) is 55.9 Å². The number of alkyl halides is 3. The monoisotopic (exact) mass is 541 g/mol. The standard InChI is InChI=1S/C24H30F3N5O4S/c1-16-10-20(24(25,26)27)7-6-18(16)12-29-22(33)21-5-3-9-32(21)23(34)19-4-2-8-30(15-19)37(35,36)31-13-17(11-28)14-31/h6-7,10,17,19,21H,2-5,8-9,12-15H2,1H3,(H,29,33)/t19-,21+/m0/s1. The van der Waals surface area contributed by atoms with Crippen molar-refractivity contribution in [2.24, 2.45) is 11.8 Å². The minimum atomic E-state index is -4.44. The molecule has 0 bridgehead atoms. The molecule has 0 unspecified atom stereocenters. The molecule has 0 saturated carbocycles. The molecular weight excluding hydrogens is 511 g/mol. The van der Waals surface area contributed by atoms with Gasteiger partial charge in [-0.2, -0.15) is 35.5 Å². The van der Waals surface area contributed by atoms with Gasteiger partial charge in [-0.25, -0.2) is 0 Å². The van der Waals surface area contributed by atoms with Crippen molar-refractivity contribution in [2.75, 3.05) is 32.7 Å². The third-order valence-electron chi connectivity index (χ3n) is 7.38. The van der Waals surface area contributed by atoms with E-state index in [4.69, 9.17) is 5.26 Å². The summed E-state index contributed by atoms with van der Waals surface area (Å²) in [7, 11) is -3.75. The van der Waals surface area contributed by atoms with E-state index in [1.165, 1.54) is 19.6 Å². The van der Waals surface area contributed by atoms with E-state index in [0.717, 1.165) is 12.1 Å². The molecule has 3 aliphatic rings. The number of amides is 2. The molecule has 3 saturated heterocycles. The molecule has 37 heavy (non-hydrogen) atoms. The van der Waals surface area contributed by atoms with Crippen LogP contribution in [0, 0.1) is 30.1 Å². The zero-order valence-electron chi connectivity index (χ0n) is 20.5. The normalized spacial score (nSPS) is 23.9. The van der Waals surface area contributed by atoms with E-state index in [-0.39, 0.29) is 43.9 Å². The Bertz CT molecular complexity index is 1190. The van der Waals surface area contributed by atoms with Crippen LogP contribution in [0.2, 0.25) is 0 Å². The van der Waals surface area contributed by atoms with E-state index < -0.39 is 33.9 Å². The van der Waals surface area contributed by atoms with Crippen LogP contribution in [0.3, 0.4) is 0 Å². The van der Waals surface area contributed by atoms with Crippen LogP contribution in [0.5, 0.6) is 0 Å². The van der Waals surface area contributed by atoms with Crippen LogP contribution in [0.15, 0.2) is 18.2 Å². The van der Waals surface area contributed by atoms with E-state index in [9.17, 15) is 31.2 Å². The van der Waals surface area contributed by atoms with Crippen molar-refractivity contribution in [1.82, 2.24) is 18.8 Å². The van der Waals surface area contributed by atoms with Crippen molar-refractivity contribution in [2.45, 2.75) is 51.4 Å². The number of rotatable bonds is 6. The second-order valence-electron chi connectivity index (χ2n) is 9.89. The van der Waals surface area contributed by atoms with Gasteiger partial charge in [-0.15, -0.1) is 0 Å². The number of carbonyl (C=O) groups excluding carboxylic acids is 2. The highest BCUT2D eigenvalue weighted by Gasteiger charge is 2.44. The number of halogens is 3. The lowest BCUT2D eigenvalue weighted by Crippen LogP contribution is -2.57. The zero-order chi connectivity index (χ0) is 27.0. The molecule has 0 radical (unpaired) electrons. The van der Waals surface area contributed by atoms with Crippen LogP contribution < -0.4 is 5.32 Å². The summed E-state index contributed by atoms with van der Waals surface area (Å²) in [6.45, 7) is 2.61. The van der Waals surface area contributed by atoms with E-state index in [1.54, 1.807) is 6.92 Å². The zero-order valence-corrected chi connectivity index (χ0v) is 21.3. The maximum Gasteiger partial charge on any atom is 0.416 e. The van der Waals surface area contributed by atoms with Crippen molar-refractivity contribution in [3.63, 3.8) is 0 Å². The smallest absolute Gasteiger partial charge is 0.350 e. The number of likely N-dealkylation sites (tertiary alicyclic amines) is 1. The van der Waals surface area contributed by atoms with Gasteiger partial charge in [0, 0.05) is 39.3 Å². The molecule has 3 fully saturated rings. The summed E-state index contributed by atoms with van der Waals surface area (Å²) in [6, 6.07) is 4.69. The van der Waals surface area contributed by atoms with Crippen LogP contribution in [0.4, 0.5) is 13.2 Å². The first-order chi connectivity index (χ1) is 17.4. The Morgan fingerprint density at radius 2 is 1.81 bits per heavy atom. The van der Waals surface area contributed by atoms with Crippen molar-refractivity contribution >= 4 is 22.0 Å². The Morgan fingerprint density at radius 1 is 1.11 bits per heavy atom. The fraction of sp³-hybridized carbons (Fsp3) is 0.625. The molecule has 0 aromatic heterocycles. The first-order valence-corrected chi connectivity index (χ1v) is 13.7. The summed E-state index contributed by atoms with van der Waals surface area (Å²) >= 11 is 0. The third kappa shape index (κ3) is 5.76. The quantitative estimate of drug-likeness (QED) is 0.592. The predicted octanol–water partition coefficient (Wildman–Crippen LogP) is 2.03. The molecule has 2 amide bonds. The molecule has 1 aromatic rings. The second kappa shape index (κ2) is 10.6. The summed E-state index contributed by atoms with van der Waals surface area (Å²) in [6.07, 6.45) is -2.33. The maximum absolute atomic E-state index is 13.4. The van der Waals surface area contributed by atoms with Crippen molar-refractivity contribution in [1.29, 1.82) is 5.26 Å². The van der Waals surface area contributed by atoms with Crippen LogP contribution in [0.25, 0.3) is 0 Å². The number of benzene rings is 1. The first-order valence-electron chi connectivity index (χ1n) is 12.3. The molecule has 202 valence electrons. The summed E-state index contributed by atoms with van der Waals surface area (Å²) in [5.74, 6) is -1.52. The molecule has 2 atom stereocenters. The molecule has 1 N–H and O–H groups in total. The summed E-state index contributed by atoms with van der Waals surface area (Å²) in [5, 5.41) is 11.7. The molecule has 3 heterocycles. The van der Waals surface area contributed by atoms with Gasteiger partial charge >= 0.3 is 6.18 Å². The highest BCUT2D eigenvalue weighted by molar-refractivity contribution is 7.86. The molecule has 13 heteroatoms. The molecule has 3 aliphatic heterocycles. The van der Waals surface area contributed by atoms with Crippen LogP contribution in [-0.4, -0.2) is 72.5 Å². The van der Waals surface area contributed by atoms with E-state index in [0.29, 0.717) is 49.9 Å². The van der Waals surface area contributed by atoms with Gasteiger partial charge in [-0.3, -0.25) is 9.59 Å². The summed E-state index contributed by atoms with van der Waals surface area (Å²) in [5.41, 5.74) is 0.200. The lowest BCUT2D eigenvalue weighted by Gasteiger charge is -2.41. The van der Waals surface area contributed by atoms with Gasteiger partial charge in [0.1, 0.15) is 6.04 Å². The number of hydrogen-bond donors (Lipinski definition) is 1. The largest absolute Gasteiger partial charge is 0.416 e. The Labute approximate surface area is 214 Å². The molecule has 4 rings (SSSR count). The molecule has 0 spiro atoms. The van der Waals surface area contributed by atoms with Crippen molar-refractivity contribution < 1.29 is 31.2 Å². The minimum Gasteiger partial charge on any atom is -0.350 e. The summed E-state index contributed by atoms with van der Waals surface area (Å²) < 4.78 is 67.1. The van der Waals surface area contributed by atoms with Crippen molar-refractivity contribution in [3.05, 3.63) is 34.9 Å². The Balaban J connectivity index is 1.36. The fourth-order valence-corrected chi connectivity index (χ4v) is 6.92. The maximum atomic E-state index is 13.4. The van der Waals surface area contributed by atoms with Crippen LogP contribution >= 0.6 is 0 Å². The van der Waals surface area contributed by atoms with E-state index in [2.05, 4.69) is 5.32 Å². The number of nitrogens with one attached hydrogen (secondary N) is 1. The van der Waals surface area contributed by atoms with Gasteiger partial charge < -0.3 is 10.2 Å². The number of piperidine rings is 1. The fourth-order valence-electron chi connectivity index (χ4n) is 5.13. The van der Waals surface area contributed by atoms with E-state index >= 15 is 0 Å². The molecule has 0 aliphatic carbocycles. The lowest BCUT2D eigenvalue weighted by atomic mass is 9.97. The first kappa shape index (κ1) is 27.3. The Morgan fingerprint density at radius 3 is 2.46 bits per heavy atom. The van der Waals surface area contributed by atoms with Crippen LogP contribution in [0.1, 0.15) is 42.4 Å². The van der Waals surface area contributed by atoms with E-state index in [1.807, 2.05) is 6.07 Å². The second-order valence-corrected chi connectivity index (χ2v) is 11.8. The highest BCUT2D eigenvalue weighted by Crippen LogP contribution is 2.31. The topological polar surface area (TPSA) is 114 Å². The van der Waals surface area contributed by atoms with Gasteiger partial charge in [0.05, 0.1) is 23.5 Å².